The van der Waals surface area contributed by atoms with Gasteiger partial charge in [0.15, 0.2) is 0 Å². The minimum absolute atomic E-state index is 0.190. The van der Waals surface area contributed by atoms with Crippen LogP contribution in [0, 0.1) is 0 Å². The van der Waals surface area contributed by atoms with E-state index in [1.54, 1.807) is 11.3 Å². The van der Waals surface area contributed by atoms with Crippen LogP contribution >= 0.6 is 22.9 Å². The Labute approximate surface area is 108 Å². The smallest absolute Gasteiger partial charge is 0.0931 e. The van der Waals surface area contributed by atoms with E-state index in [0.717, 1.165) is 23.8 Å². The molecule has 0 saturated heterocycles. The first-order chi connectivity index (χ1) is 7.45. The Balaban J connectivity index is 2.43. The van der Waals surface area contributed by atoms with Crippen LogP contribution in [0.2, 0.25) is 4.34 Å². The van der Waals surface area contributed by atoms with Gasteiger partial charge in [0.05, 0.1) is 4.34 Å². The van der Waals surface area contributed by atoms with Crippen molar-refractivity contribution >= 4 is 22.9 Å². The first-order valence-corrected chi connectivity index (χ1v) is 6.75. The van der Waals surface area contributed by atoms with Crippen LogP contribution in [0.1, 0.15) is 18.7 Å². The average molecular weight is 261 g/mol. The molecule has 1 N–H and O–H groups in total. The third kappa shape index (κ3) is 4.06. The highest BCUT2D eigenvalue weighted by molar-refractivity contribution is 7.16. The molecule has 0 radical (unpaired) electrons. The van der Waals surface area contributed by atoms with Crippen LogP contribution in [0.3, 0.4) is 0 Å². The van der Waals surface area contributed by atoms with Crippen molar-refractivity contribution in [1.82, 2.24) is 10.2 Å². The van der Waals surface area contributed by atoms with Gasteiger partial charge in [0.1, 0.15) is 0 Å². The number of nitrogens with one attached hydrogen (secondary N) is 1. The van der Waals surface area contributed by atoms with Crippen LogP contribution < -0.4 is 5.32 Å². The van der Waals surface area contributed by atoms with E-state index in [9.17, 15) is 0 Å². The van der Waals surface area contributed by atoms with E-state index in [4.69, 9.17) is 11.6 Å². The van der Waals surface area contributed by atoms with Crippen molar-refractivity contribution in [3.05, 3.63) is 21.3 Å². The summed E-state index contributed by atoms with van der Waals surface area (Å²) >= 11 is 7.59. The van der Waals surface area contributed by atoms with Gasteiger partial charge in [-0.15, -0.1) is 11.3 Å². The zero-order valence-electron chi connectivity index (χ0n) is 10.5. The lowest BCUT2D eigenvalue weighted by Gasteiger charge is -2.35. The summed E-state index contributed by atoms with van der Waals surface area (Å²) in [7, 11) is 4.17. The lowest BCUT2D eigenvalue weighted by Crippen LogP contribution is -2.48. The number of likely N-dealkylation sites (N-methyl/N-ethyl adjacent to an activating group) is 2. The van der Waals surface area contributed by atoms with Gasteiger partial charge in [-0.2, -0.15) is 0 Å². The molecule has 1 rings (SSSR count). The van der Waals surface area contributed by atoms with E-state index in [2.05, 4.69) is 37.2 Å². The number of rotatable bonds is 6. The second-order valence-electron chi connectivity index (χ2n) is 4.72. The predicted molar refractivity (Wildman–Crippen MR) is 73.7 cm³/mol. The van der Waals surface area contributed by atoms with Crippen LogP contribution in [0.25, 0.3) is 0 Å². The summed E-state index contributed by atoms with van der Waals surface area (Å²) in [5, 5.41) is 3.23. The van der Waals surface area contributed by atoms with Crippen LogP contribution in [0.15, 0.2) is 12.1 Å². The van der Waals surface area contributed by atoms with E-state index < -0.39 is 0 Å². The molecule has 1 aromatic rings. The van der Waals surface area contributed by atoms with Gasteiger partial charge in [-0.1, -0.05) is 11.6 Å². The van der Waals surface area contributed by atoms with Crippen molar-refractivity contribution in [2.24, 2.45) is 0 Å². The number of nitrogens with zero attached hydrogens (tertiary/aromatic N) is 1. The average Bonchev–Trinajstić information content (AvgIpc) is 2.60. The summed E-state index contributed by atoms with van der Waals surface area (Å²) in [4.78, 5) is 3.74. The SMILES string of the molecule is CNCC(C)(C)N(C)CCc1ccc(Cl)s1. The van der Waals surface area contributed by atoms with Gasteiger partial charge in [0.25, 0.3) is 0 Å². The molecule has 0 atom stereocenters. The van der Waals surface area contributed by atoms with Crippen molar-refractivity contribution < 1.29 is 0 Å². The Morgan fingerprint density at radius 1 is 1.44 bits per heavy atom. The molecule has 0 unspecified atom stereocenters. The summed E-state index contributed by atoms with van der Waals surface area (Å²) < 4.78 is 0.882. The highest BCUT2D eigenvalue weighted by Gasteiger charge is 2.21. The minimum atomic E-state index is 0.190. The quantitative estimate of drug-likeness (QED) is 0.846. The molecule has 1 aromatic heterocycles. The Morgan fingerprint density at radius 2 is 2.12 bits per heavy atom. The van der Waals surface area contributed by atoms with Gasteiger partial charge in [0, 0.05) is 23.5 Å². The fraction of sp³-hybridized carbons (Fsp3) is 0.667. The Bertz CT molecular complexity index is 323. The second-order valence-corrected chi connectivity index (χ2v) is 6.52. The van der Waals surface area contributed by atoms with Gasteiger partial charge < -0.3 is 5.32 Å². The van der Waals surface area contributed by atoms with Crippen molar-refractivity contribution in [3.63, 3.8) is 0 Å². The maximum Gasteiger partial charge on any atom is 0.0931 e. The van der Waals surface area contributed by atoms with E-state index >= 15 is 0 Å². The first kappa shape index (κ1) is 14.0. The zero-order chi connectivity index (χ0) is 12.2. The van der Waals surface area contributed by atoms with Gasteiger partial charge in [-0.25, -0.2) is 0 Å². The van der Waals surface area contributed by atoms with Gasteiger partial charge in [0.2, 0.25) is 0 Å². The van der Waals surface area contributed by atoms with E-state index in [1.807, 2.05) is 13.1 Å². The van der Waals surface area contributed by atoms with E-state index in [1.165, 1.54) is 4.88 Å². The van der Waals surface area contributed by atoms with Crippen LogP contribution in [0.5, 0.6) is 0 Å². The molecular formula is C12H21ClN2S. The largest absolute Gasteiger partial charge is 0.318 e. The normalized spacial score (nSPS) is 12.4. The molecule has 4 heteroatoms. The molecule has 2 nitrogen and oxygen atoms in total. The van der Waals surface area contributed by atoms with Crippen LogP contribution in [-0.2, 0) is 6.42 Å². The number of hydrogen-bond donors (Lipinski definition) is 1. The molecule has 0 aliphatic rings. The molecule has 0 aromatic carbocycles. The zero-order valence-corrected chi connectivity index (χ0v) is 12.1. The highest BCUT2D eigenvalue weighted by Crippen LogP contribution is 2.22. The monoisotopic (exact) mass is 260 g/mol. The van der Waals surface area contributed by atoms with E-state index in [0.29, 0.717) is 0 Å². The molecule has 0 saturated carbocycles. The predicted octanol–water partition coefficient (Wildman–Crippen LogP) is 2.87. The van der Waals surface area contributed by atoms with Crippen LogP contribution in [0.4, 0.5) is 0 Å². The third-order valence-electron chi connectivity index (χ3n) is 2.97. The lowest BCUT2D eigenvalue weighted by molar-refractivity contribution is 0.158. The summed E-state index contributed by atoms with van der Waals surface area (Å²) in [5.74, 6) is 0. The Kier molecular flexibility index (Phi) is 5.25. The van der Waals surface area contributed by atoms with E-state index in [-0.39, 0.29) is 5.54 Å². The van der Waals surface area contributed by atoms with Crippen molar-refractivity contribution in [1.29, 1.82) is 0 Å². The van der Waals surface area contributed by atoms with Crippen molar-refractivity contribution in [2.45, 2.75) is 25.8 Å². The fourth-order valence-corrected chi connectivity index (χ4v) is 2.71. The van der Waals surface area contributed by atoms with Crippen LogP contribution in [-0.4, -0.2) is 37.6 Å². The molecule has 0 fully saturated rings. The molecule has 0 spiro atoms. The maximum absolute atomic E-state index is 5.91. The standard InChI is InChI=1S/C12H21ClN2S/c1-12(2,9-14-3)15(4)8-7-10-5-6-11(13)16-10/h5-6,14H,7-9H2,1-4H3. The van der Waals surface area contributed by atoms with Crippen molar-refractivity contribution in [3.8, 4) is 0 Å². The van der Waals surface area contributed by atoms with Crippen molar-refractivity contribution in [2.75, 3.05) is 27.2 Å². The fourth-order valence-electron chi connectivity index (χ4n) is 1.63. The Morgan fingerprint density at radius 3 is 2.62 bits per heavy atom. The highest BCUT2D eigenvalue weighted by atomic mass is 35.5. The number of hydrogen-bond acceptors (Lipinski definition) is 3. The third-order valence-corrected chi connectivity index (χ3v) is 4.26. The maximum atomic E-state index is 5.91. The molecular weight excluding hydrogens is 240 g/mol. The summed E-state index contributed by atoms with van der Waals surface area (Å²) in [5.41, 5.74) is 0.190. The molecule has 16 heavy (non-hydrogen) atoms. The number of thiophene rings is 1. The minimum Gasteiger partial charge on any atom is -0.318 e. The van der Waals surface area contributed by atoms with Gasteiger partial charge >= 0.3 is 0 Å². The van der Waals surface area contributed by atoms with Gasteiger partial charge in [-0.3, -0.25) is 4.90 Å². The lowest BCUT2D eigenvalue weighted by atomic mass is 10.0. The summed E-state index contributed by atoms with van der Waals surface area (Å²) in [6, 6.07) is 4.09. The molecule has 92 valence electrons. The molecule has 0 aliphatic carbocycles. The number of halogens is 1. The molecule has 0 bridgehead atoms. The molecule has 0 amide bonds. The summed E-state index contributed by atoms with van der Waals surface area (Å²) in [6.45, 7) is 6.57. The summed E-state index contributed by atoms with van der Waals surface area (Å²) in [6.07, 6.45) is 1.07. The first-order valence-electron chi connectivity index (χ1n) is 5.56. The molecule has 0 aliphatic heterocycles. The second kappa shape index (κ2) is 6.01. The topological polar surface area (TPSA) is 15.3 Å². The Hall–Kier alpha value is -0.0900. The van der Waals surface area contributed by atoms with Gasteiger partial charge in [-0.05, 0) is 46.5 Å². The molecule has 1 heterocycles.